The molecule has 1 atom stereocenters. The van der Waals surface area contributed by atoms with Gasteiger partial charge in [0, 0.05) is 18.5 Å². The maximum Gasteiger partial charge on any atom is 0.332 e. The molecule has 12 heteroatoms. The lowest BCUT2D eigenvalue weighted by molar-refractivity contribution is -0.116. The molecule has 0 aliphatic heterocycles. The third-order valence-electron chi connectivity index (χ3n) is 5.35. The Balaban J connectivity index is 2.00. The summed E-state index contributed by atoms with van der Waals surface area (Å²) in [5.74, 6) is -0.691. The number of methoxy groups -OCH3 is 2. The molecule has 36 heavy (non-hydrogen) atoms. The number of fused-ring (bicyclic) bond motifs is 1. The van der Waals surface area contributed by atoms with Gasteiger partial charge >= 0.3 is 5.69 Å². The largest absolute Gasteiger partial charge is 0.495 e. The summed E-state index contributed by atoms with van der Waals surface area (Å²) in [4.78, 5) is 51.7. The number of nitrogens with one attached hydrogen (secondary N) is 2. The average molecular weight is 516 g/mol. The van der Waals surface area contributed by atoms with Crippen molar-refractivity contribution in [3.63, 3.8) is 0 Å². The number of carbonyl (C=O) groups is 2. The molecule has 0 spiro atoms. The number of benzene rings is 2. The molecule has 0 fully saturated rings. The zero-order chi connectivity index (χ0) is 26.6. The molecule has 11 nitrogen and oxygen atoms in total. The lowest BCUT2D eigenvalue weighted by atomic mass is 10.1. The van der Waals surface area contributed by atoms with Gasteiger partial charge in [0.05, 0.1) is 48.1 Å². The quantitative estimate of drug-likeness (QED) is 0.347. The van der Waals surface area contributed by atoms with Gasteiger partial charge in [-0.1, -0.05) is 23.7 Å². The van der Waals surface area contributed by atoms with Crippen LogP contribution in [0.4, 0.5) is 5.69 Å². The number of amides is 1. The van der Waals surface area contributed by atoms with E-state index in [2.05, 4.69) is 5.32 Å². The number of halogens is 1. The van der Waals surface area contributed by atoms with Gasteiger partial charge in [-0.2, -0.15) is 0 Å². The number of Topliss-reactive ketones (excluding diaryl/α,β-unsaturated/α-hetero) is 1. The van der Waals surface area contributed by atoms with E-state index in [1.54, 1.807) is 19.1 Å². The van der Waals surface area contributed by atoms with Crippen molar-refractivity contribution in [1.29, 1.82) is 5.41 Å². The Morgan fingerprint density at radius 3 is 2.39 bits per heavy atom. The number of aromatic nitrogens is 2. The molecule has 190 valence electrons. The molecule has 0 unspecified atom stereocenters. The standard InChI is InChI=1S/C24H26ClN5O6/c1-13(26)8-16(27)19(31)11-30-23(33)14-6-4-5-7-18(14)29(24(30)34)12-22(32)28-17-9-15(25)20(35-2)10-21(17)36-3/h4-7,9-10,13,27H,8,11-12,26H2,1-3H3,(H,28,32)/t13-/m0/s1. The van der Waals surface area contributed by atoms with Crippen LogP contribution in [0.15, 0.2) is 46.0 Å². The van der Waals surface area contributed by atoms with Gasteiger partial charge in [0.25, 0.3) is 5.56 Å². The third-order valence-corrected chi connectivity index (χ3v) is 5.64. The average Bonchev–Trinajstić information content (AvgIpc) is 2.84. The second kappa shape index (κ2) is 11.2. The predicted molar refractivity (Wildman–Crippen MR) is 137 cm³/mol. The number of carbonyl (C=O) groups excluding carboxylic acids is 2. The fourth-order valence-electron chi connectivity index (χ4n) is 3.63. The third kappa shape index (κ3) is 5.64. The number of nitrogens with two attached hydrogens (primary N) is 1. The van der Waals surface area contributed by atoms with Gasteiger partial charge in [0.1, 0.15) is 18.0 Å². The molecule has 0 saturated heterocycles. The van der Waals surface area contributed by atoms with Gasteiger partial charge < -0.3 is 25.9 Å². The molecule has 2 aromatic carbocycles. The van der Waals surface area contributed by atoms with Crippen LogP contribution < -0.4 is 31.8 Å². The molecule has 1 aromatic heterocycles. The van der Waals surface area contributed by atoms with Crippen molar-refractivity contribution >= 4 is 45.6 Å². The van der Waals surface area contributed by atoms with E-state index in [4.69, 9.17) is 32.2 Å². The van der Waals surface area contributed by atoms with Gasteiger partial charge in [-0.05, 0) is 25.1 Å². The predicted octanol–water partition coefficient (Wildman–Crippen LogP) is 1.80. The van der Waals surface area contributed by atoms with Gasteiger partial charge in [-0.3, -0.25) is 23.5 Å². The molecule has 0 bridgehead atoms. The highest BCUT2D eigenvalue weighted by atomic mass is 35.5. The summed E-state index contributed by atoms with van der Waals surface area (Å²) in [5.41, 5.74) is 4.26. The Morgan fingerprint density at radius 1 is 1.08 bits per heavy atom. The lowest BCUT2D eigenvalue weighted by Crippen LogP contribution is -2.44. The number of hydrogen-bond acceptors (Lipinski definition) is 8. The summed E-state index contributed by atoms with van der Waals surface area (Å²) >= 11 is 6.17. The van der Waals surface area contributed by atoms with E-state index in [1.807, 2.05) is 0 Å². The minimum absolute atomic E-state index is 0.00398. The van der Waals surface area contributed by atoms with Crippen molar-refractivity contribution in [2.24, 2.45) is 5.73 Å². The highest BCUT2D eigenvalue weighted by Gasteiger charge is 2.20. The first kappa shape index (κ1) is 26.6. The summed E-state index contributed by atoms with van der Waals surface area (Å²) in [6.07, 6.45) is 0.00398. The monoisotopic (exact) mass is 515 g/mol. The number of nitrogens with zero attached hydrogens (tertiary/aromatic N) is 2. The maximum absolute atomic E-state index is 13.3. The van der Waals surface area contributed by atoms with Gasteiger partial charge in [-0.15, -0.1) is 0 Å². The first-order valence-electron chi connectivity index (χ1n) is 10.9. The highest BCUT2D eigenvalue weighted by molar-refractivity contribution is 6.38. The zero-order valence-electron chi connectivity index (χ0n) is 20.0. The molecular formula is C24H26ClN5O6. The van der Waals surface area contributed by atoms with E-state index < -0.39 is 42.1 Å². The van der Waals surface area contributed by atoms with Crippen LogP contribution in [0.3, 0.4) is 0 Å². The number of hydrogen-bond donors (Lipinski definition) is 3. The molecular weight excluding hydrogens is 490 g/mol. The Morgan fingerprint density at radius 2 is 1.75 bits per heavy atom. The molecule has 0 radical (unpaired) electrons. The van der Waals surface area contributed by atoms with Crippen LogP contribution in [-0.4, -0.2) is 46.8 Å². The van der Waals surface area contributed by atoms with Crippen LogP contribution in [0.1, 0.15) is 13.3 Å². The number of rotatable bonds is 10. The maximum atomic E-state index is 13.3. The first-order chi connectivity index (χ1) is 17.1. The minimum Gasteiger partial charge on any atom is -0.495 e. The van der Waals surface area contributed by atoms with Crippen molar-refractivity contribution in [3.05, 3.63) is 62.3 Å². The summed E-state index contributed by atoms with van der Waals surface area (Å²) in [6.45, 7) is 0.524. The number of ketones is 1. The molecule has 3 rings (SSSR count). The van der Waals surface area contributed by atoms with Gasteiger partial charge in [0.15, 0.2) is 5.78 Å². The van der Waals surface area contributed by atoms with Crippen LogP contribution in [0, 0.1) is 5.41 Å². The smallest absolute Gasteiger partial charge is 0.332 e. The Bertz CT molecular complexity index is 1460. The Labute approximate surface area is 210 Å². The molecule has 1 amide bonds. The number of anilines is 1. The second-order valence-corrected chi connectivity index (χ2v) is 8.50. The fraction of sp³-hybridized carbons (Fsp3) is 0.292. The Hall–Kier alpha value is -3.96. The van der Waals surface area contributed by atoms with Crippen molar-refractivity contribution in [2.75, 3.05) is 19.5 Å². The van der Waals surface area contributed by atoms with Gasteiger partial charge in [-0.25, -0.2) is 4.79 Å². The van der Waals surface area contributed by atoms with E-state index in [-0.39, 0.29) is 39.5 Å². The summed E-state index contributed by atoms with van der Waals surface area (Å²) < 4.78 is 12.2. The normalized spacial score (nSPS) is 11.7. The molecule has 0 saturated carbocycles. The van der Waals surface area contributed by atoms with Crippen molar-refractivity contribution in [1.82, 2.24) is 9.13 Å². The molecule has 3 aromatic rings. The van der Waals surface area contributed by atoms with Crippen LogP contribution in [0.25, 0.3) is 10.9 Å². The van der Waals surface area contributed by atoms with E-state index in [9.17, 15) is 19.2 Å². The second-order valence-electron chi connectivity index (χ2n) is 8.10. The molecule has 0 aliphatic carbocycles. The van der Waals surface area contributed by atoms with Crippen LogP contribution in [-0.2, 0) is 22.7 Å². The lowest BCUT2D eigenvalue weighted by Gasteiger charge is -2.16. The number of ether oxygens (including phenoxy) is 2. The fourth-order valence-corrected chi connectivity index (χ4v) is 3.87. The zero-order valence-corrected chi connectivity index (χ0v) is 20.7. The summed E-state index contributed by atoms with van der Waals surface area (Å²) in [6, 6.07) is 8.76. The topological polar surface area (TPSA) is 158 Å². The highest BCUT2D eigenvalue weighted by Crippen LogP contribution is 2.35. The van der Waals surface area contributed by atoms with Crippen molar-refractivity contribution < 1.29 is 19.1 Å². The minimum atomic E-state index is -0.865. The van der Waals surface area contributed by atoms with Crippen molar-refractivity contribution in [2.45, 2.75) is 32.5 Å². The van der Waals surface area contributed by atoms with Crippen LogP contribution >= 0.6 is 11.6 Å². The Kier molecular flexibility index (Phi) is 8.28. The summed E-state index contributed by atoms with van der Waals surface area (Å²) in [7, 11) is 2.85. The van der Waals surface area contributed by atoms with E-state index in [0.29, 0.717) is 5.75 Å². The number of para-hydroxylation sites is 1. The first-order valence-corrected chi connectivity index (χ1v) is 11.2. The van der Waals surface area contributed by atoms with Crippen LogP contribution in [0.2, 0.25) is 5.02 Å². The molecule has 4 N–H and O–H groups in total. The van der Waals surface area contributed by atoms with E-state index in [1.165, 1.54) is 38.5 Å². The summed E-state index contributed by atoms with van der Waals surface area (Å²) in [5, 5.41) is 10.9. The van der Waals surface area contributed by atoms with E-state index >= 15 is 0 Å². The molecule has 0 aliphatic rings. The SMILES string of the molecule is COc1cc(OC)c(NC(=O)Cn2c(=O)n(CC(=O)C(=N)C[C@H](C)N)c(=O)c3ccccc32)cc1Cl. The van der Waals surface area contributed by atoms with E-state index in [0.717, 1.165) is 9.13 Å². The van der Waals surface area contributed by atoms with Crippen LogP contribution in [0.5, 0.6) is 11.5 Å². The van der Waals surface area contributed by atoms with Gasteiger partial charge in [0.2, 0.25) is 5.91 Å². The van der Waals surface area contributed by atoms with Crippen molar-refractivity contribution in [3.8, 4) is 11.5 Å². The molecule has 1 heterocycles.